The van der Waals surface area contributed by atoms with Crippen molar-refractivity contribution in [2.45, 2.75) is 57.9 Å². The molecule has 0 saturated carbocycles. The van der Waals surface area contributed by atoms with E-state index in [0.29, 0.717) is 0 Å². The SMILES string of the molecule is CCOC(=O)C(O[Si](C)(C)C(C)(C)C)C(F)(F)c1ccccc1O. The number of esters is 1. The first kappa shape index (κ1) is 20.6. The fourth-order valence-corrected chi connectivity index (χ4v) is 3.04. The van der Waals surface area contributed by atoms with Gasteiger partial charge in [0.05, 0.1) is 12.2 Å². The van der Waals surface area contributed by atoms with Gasteiger partial charge in [-0.05, 0) is 37.2 Å². The molecule has 136 valence electrons. The lowest BCUT2D eigenvalue weighted by Gasteiger charge is -2.40. The van der Waals surface area contributed by atoms with Crippen molar-refractivity contribution in [2.75, 3.05) is 6.61 Å². The quantitative estimate of drug-likeness (QED) is 0.602. The van der Waals surface area contributed by atoms with Crippen LogP contribution in [-0.4, -0.2) is 32.1 Å². The van der Waals surface area contributed by atoms with Crippen molar-refractivity contribution < 1.29 is 27.8 Å². The molecule has 0 saturated heterocycles. The van der Waals surface area contributed by atoms with Gasteiger partial charge < -0.3 is 14.3 Å². The minimum atomic E-state index is -3.72. The molecule has 24 heavy (non-hydrogen) atoms. The maximum atomic E-state index is 15.0. The Bertz CT molecular complexity index is 582. The summed E-state index contributed by atoms with van der Waals surface area (Å²) in [6, 6.07) is 5.04. The van der Waals surface area contributed by atoms with Crippen LogP contribution >= 0.6 is 0 Å². The number of ether oxygens (including phenoxy) is 1. The van der Waals surface area contributed by atoms with Crippen molar-refractivity contribution in [3.8, 4) is 5.75 Å². The minimum absolute atomic E-state index is 0.0347. The third kappa shape index (κ3) is 4.33. The van der Waals surface area contributed by atoms with Crippen LogP contribution < -0.4 is 0 Å². The van der Waals surface area contributed by atoms with Gasteiger partial charge in [-0.1, -0.05) is 32.9 Å². The minimum Gasteiger partial charge on any atom is -0.507 e. The second-order valence-corrected chi connectivity index (χ2v) is 11.9. The molecule has 0 amide bonds. The van der Waals surface area contributed by atoms with Gasteiger partial charge in [0.15, 0.2) is 8.32 Å². The van der Waals surface area contributed by atoms with Crippen molar-refractivity contribution in [3.63, 3.8) is 0 Å². The Balaban J connectivity index is 3.33. The molecule has 0 aromatic heterocycles. The van der Waals surface area contributed by atoms with Crippen LogP contribution in [0.25, 0.3) is 0 Å². The zero-order valence-corrected chi connectivity index (χ0v) is 16.0. The van der Waals surface area contributed by atoms with Crippen LogP contribution in [0.5, 0.6) is 5.75 Å². The molecule has 1 aromatic carbocycles. The van der Waals surface area contributed by atoms with E-state index in [9.17, 15) is 9.90 Å². The highest BCUT2D eigenvalue weighted by molar-refractivity contribution is 6.74. The first-order valence-electron chi connectivity index (χ1n) is 7.85. The maximum Gasteiger partial charge on any atom is 0.340 e. The largest absolute Gasteiger partial charge is 0.507 e. The van der Waals surface area contributed by atoms with Crippen LogP contribution in [0.2, 0.25) is 18.1 Å². The van der Waals surface area contributed by atoms with Gasteiger partial charge in [-0.3, -0.25) is 0 Å². The highest BCUT2D eigenvalue weighted by Crippen LogP contribution is 2.44. The lowest BCUT2D eigenvalue weighted by Crippen LogP contribution is -2.52. The summed E-state index contributed by atoms with van der Waals surface area (Å²) in [5, 5.41) is 9.42. The molecule has 1 N–H and O–H groups in total. The van der Waals surface area contributed by atoms with E-state index in [1.165, 1.54) is 12.1 Å². The van der Waals surface area contributed by atoms with E-state index < -0.39 is 37.6 Å². The summed E-state index contributed by atoms with van der Waals surface area (Å²) in [6.45, 7) is 10.7. The van der Waals surface area contributed by atoms with Crippen LogP contribution in [0.15, 0.2) is 24.3 Å². The van der Waals surface area contributed by atoms with Gasteiger partial charge in [0.25, 0.3) is 0 Å². The van der Waals surface area contributed by atoms with E-state index in [1.807, 2.05) is 20.8 Å². The predicted molar refractivity (Wildman–Crippen MR) is 90.7 cm³/mol. The number of aromatic hydroxyl groups is 1. The molecule has 1 aromatic rings. The molecule has 7 heteroatoms. The van der Waals surface area contributed by atoms with Gasteiger partial charge >= 0.3 is 11.9 Å². The Morgan fingerprint density at radius 2 is 1.79 bits per heavy atom. The second kappa shape index (κ2) is 7.19. The molecule has 1 rings (SSSR count). The molecule has 0 heterocycles. The normalized spacial score (nSPS) is 14.3. The second-order valence-electron chi connectivity index (χ2n) is 7.15. The molecule has 1 unspecified atom stereocenters. The molecule has 0 spiro atoms. The standard InChI is InChI=1S/C17H26F2O4Si/c1-7-22-15(21)14(23-24(5,6)16(2,3)4)17(18,19)12-10-8-9-11-13(12)20/h8-11,14,20H,7H2,1-6H3. The lowest BCUT2D eigenvalue weighted by molar-refractivity contribution is -0.176. The summed E-state index contributed by atoms with van der Waals surface area (Å²) in [7, 11) is -2.68. The number of para-hydroxylation sites is 1. The van der Waals surface area contributed by atoms with Gasteiger partial charge in [0, 0.05) is 0 Å². The molecule has 1 atom stereocenters. The van der Waals surface area contributed by atoms with Crippen LogP contribution in [-0.2, 0) is 19.9 Å². The van der Waals surface area contributed by atoms with Crippen LogP contribution in [0, 0.1) is 0 Å². The highest BCUT2D eigenvalue weighted by Gasteiger charge is 2.53. The Hall–Kier alpha value is -1.47. The van der Waals surface area contributed by atoms with E-state index in [1.54, 1.807) is 20.0 Å². The van der Waals surface area contributed by atoms with E-state index in [0.717, 1.165) is 12.1 Å². The fourth-order valence-electron chi connectivity index (χ4n) is 1.86. The molecule has 0 aliphatic carbocycles. The van der Waals surface area contributed by atoms with Gasteiger partial charge in [-0.25, -0.2) is 4.79 Å². The number of carbonyl (C=O) groups excluding carboxylic acids is 1. The van der Waals surface area contributed by atoms with Gasteiger partial charge in [-0.15, -0.1) is 0 Å². The number of hydrogen-bond acceptors (Lipinski definition) is 4. The molecule has 0 aliphatic heterocycles. The average molecular weight is 360 g/mol. The number of rotatable bonds is 6. The Morgan fingerprint density at radius 3 is 2.25 bits per heavy atom. The van der Waals surface area contributed by atoms with E-state index in [-0.39, 0.29) is 11.6 Å². The van der Waals surface area contributed by atoms with Crippen molar-refractivity contribution >= 4 is 14.3 Å². The summed E-state index contributed by atoms with van der Waals surface area (Å²) in [5.74, 6) is -5.43. The molecular weight excluding hydrogens is 334 g/mol. The van der Waals surface area contributed by atoms with Crippen molar-refractivity contribution in [1.29, 1.82) is 0 Å². The third-order valence-electron chi connectivity index (χ3n) is 4.31. The summed E-state index contributed by atoms with van der Waals surface area (Å²) in [5.41, 5.74) is -0.651. The van der Waals surface area contributed by atoms with Crippen molar-refractivity contribution in [2.24, 2.45) is 0 Å². The van der Waals surface area contributed by atoms with E-state index >= 15 is 8.78 Å². The molecular formula is C17H26F2O4Si. The predicted octanol–water partition coefficient (Wildman–Crippen LogP) is 4.44. The number of alkyl halides is 2. The third-order valence-corrected chi connectivity index (χ3v) is 8.75. The lowest BCUT2D eigenvalue weighted by atomic mass is 10.0. The van der Waals surface area contributed by atoms with Gasteiger partial charge in [0.2, 0.25) is 6.10 Å². The number of phenols is 1. The number of carbonyl (C=O) groups is 1. The first-order chi connectivity index (χ1) is 10.8. The van der Waals surface area contributed by atoms with Crippen molar-refractivity contribution in [3.05, 3.63) is 29.8 Å². The van der Waals surface area contributed by atoms with Gasteiger partial charge in [-0.2, -0.15) is 8.78 Å². The monoisotopic (exact) mass is 360 g/mol. The molecule has 0 radical (unpaired) electrons. The zero-order valence-electron chi connectivity index (χ0n) is 15.0. The molecule has 0 bridgehead atoms. The summed E-state index contributed by atoms with van der Waals surface area (Å²) in [4.78, 5) is 12.2. The molecule has 0 fully saturated rings. The Labute approximate surface area is 142 Å². The maximum absolute atomic E-state index is 15.0. The van der Waals surface area contributed by atoms with Crippen molar-refractivity contribution in [1.82, 2.24) is 0 Å². The fraction of sp³-hybridized carbons (Fsp3) is 0.588. The van der Waals surface area contributed by atoms with E-state index in [4.69, 9.17) is 9.16 Å². The van der Waals surface area contributed by atoms with Crippen LogP contribution in [0.3, 0.4) is 0 Å². The molecule has 4 nitrogen and oxygen atoms in total. The number of benzene rings is 1. The smallest absolute Gasteiger partial charge is 0.340 e. The average Bonchev–Trinajstić information content (AvgIpc) is 2.44. The summed E-state index contributed by atoms with van der Waals surface area (Å²) < 4.78 is 40.5. The van der Waals surface area contributed by atoms with E-state index in [2.05, 4.69) is 0 Å². The van der Waals surface area contributed by atoms with Crippen LogP contribution in [0.1, 0.15) is 33.3 Å². The highest BCUT2D eigenvalue weighted by atomic mass is 28.4. The topological polar surface area (TPSA) is 55.8 Å². The number of hydrogen-bond donors (Lipinski definition) is 1. The zero-order chi connectivity index (χ0) is 18.8. The van der Waals surface area contributed by atoms with Crippen LogP contribution in [0.4, 0.5) is 8.78 Å². The first-order valence-corrected chi connectivity index (χ1v) is 10.8. The summed E-state index contributed by atoms with van der Waals surface area (Å²) in [6.07, 6.45) is -2.10. The van der Waals surface area contributed by atoms with Gasteiger partial charge in [0.1, 0.15) is 5.75 Å². The Kier molecular flexibility index (Phi) is 6.16. The number of halogens is 2. The molecule has 0 aliphatic rings. The number of phenolic OH excluding ortho intramolecular Hbond substituents is 1. The summed E-state index contributed by atoms with van der Waals surface area (Å²) >= 11 is 0. The Morgan fingerprint density at radius 1 is 1.25 bits per heavy atom.